The standard InChI is InChI=1S/C16H15F3N2O/c1-2-15(22)21-13-8-6-12(7-9-13)20-14-5-3-4-11(10-14)16(17,18)19/h3-10,20H,2H2,1H3,(H,21,22). The number of alkyl halides is 3. The number of hydrogen-bond acceptors (Lipinski definition) is 2. The van der Waals surface area contributed by atoms with Crippen LogP contribution in [-0.2, 0) is 11.0 Å². The van der Waals surface area contributed by atoms with E-state index in [2.05, 4.69) is 10.6 Å². The molecule has 3 nitrogen and oxygen atoms in total. The summed E-state index contributed by atoms with van der Waals surface area (Å²) < 4.78 is 37.9. The van der Waals surface area contributed by atoms with Crippen LogP contribution in [0.5, 0.6) is 0 Å². The molecule has 0 aliphatic rings. The lowest BCUT2D eigenvalue weighted by atomic mass is 10.2. The highest BCUT2D eigenvalue weighted by Crippen LogP contribution is 2.31. The lowest BCUT2D eigenvalue weighted by Gasteiger charge is -2.11. The van der Waals surface area contributed by atoms with Gasteiger partial charge >= 0.3 is 6.18 Å². The fraction of sp³-hybridized carbons (Fsp3) is 0.188. The minimum Gasteiger partial charge on any atom is -0.356 e. The molecule has 0 saturated carbocycles. The first kappa shape index (κ1) is 15.9. The summed E-state index contributed by atoms with van der Waals surface area (Å²) in [5, 5.41) is 5.59. The van der Waals surface area contributed by atoms with Crippen LogP contribution >= 0.6 is 0 Å². The summed E-state index contributed by atoms with van der Waals surface area (Å²) >= 11 is 0. The first-order valence-electron chi connectivity index (χ1n) is 6.72. The predicted octanol–water partition coefficient (Wildman–Crippen LogP) is 4.80. The molecule has 0 atom stereocenters. The lowest BCUT2D eigenvalue weighted by Crippen LogP contribution is -2.09. The van der Waals surface area contributed by atoms with E-state index in [4.69, 9.17) is 0 Å². The molecule has 116 valence electrons. The van der Waals surface area contributed by atoms with E-state index in [0.717, 1.165) is 12.1 Å². The molecule has 0 saturated heterocycles. The van der Waals surface area contributed by atoms with Gasteiger partial charge in [0.25, 0.3) is 0 Å². The van der Waals surface area contributed by atoms with E-state index in [0.29, 0.717) is 23.5 Å². The summed E-state index contributed by atoms with van der Waals surface area (Å²) in [6.45, 7) is 1.75. The maximum absolute atomic E-state index is 12.6. The van der Waals surface area contributed by atoms with E-state index in [1.54, 1.807) is 37.3 Å². The van der Waals surface area contributed by atoms with Crippen LogP contribution in [0.1, 0.15) is 18.9 Å². The lowest BCUT2D eigenvalue weighted by molar-refractivity contribution is -0.137. The van der Waals surface area contributed by atoms with Gasteiger partial charge in [-0.2, -0.15) is 13.2 Å². The van der Waals surface area contributed by atoms with Crippen molar-refractivity contribution in [2.45, 2.75) is 19.5 Å². The number of benzene rings is 2. The van der Waals surface area contributed by atoms with Crippen molar-refractivity contribution in [2.24, 2.45) is 0 Å². The third-order valence-corrected chi connectivity index (χ3v) is 2.97. The Kier molecular flexibility index (Phi) is 4.70. The zero-order valence-corrected chi connectivity index (χ0v) is 11.9. The summed E-state index contributed by atoms with van der Waals surface area (Å²) in [7, 11) is 0. The molecule has 0 radical (unpaired) electrons. The van der Waals surface area contributed by atoms with E-state index < -0.39 is 11.7 Å². The number of nitrogens with one attached hydrogen (secondary N) is 2. The van der Waals surface area contributed by atoms with Gasteiger partial charge in [0.2, 0.25) is 5.91 Å². The molecule has 0 unspecified atom stereocenters. The maximum Gasteiger partial charge on any atom is 0.416 e. The number of rotatable bonds is 4. The summed E-state index contributed by atoms with van der Waals surface area (Å²) in [4.78, 5) is 11.3. The number of halogens is 3. The highest BCUT2D eigenvalue weighted by Gasteiger charge is 2.30. The molecule has 1 amide bonds. The SMILES string of the molecule is CCC(=O)Nc1ccc(Nc2cccc(C(F)(F)F)c2)cc1. The average molecular weight is 308 g/mol. The quantitative estimate of drug-likeness (QED) is 0.852. The van der Waals surface area contributed by atoms with Gasteiger partial charge in [-0.25, -0.2) is 0 Å². The van der Waals surface area contributed by atoms with Crippen LogP contribution in [-0.4, -0.2) is 5.91 Å². The molecule has 0 fully saturated rings. The van der Waals surface area contributed by atoms with Gasteiger partial charge in [-0.15, -0.1) is 0 Å². The predicted molar refractivity (Wildman–Crippen MR) is 80.1 cm³/mol. The van der Waals surface area contributed by atoms with Crippen LogP contribution in [0.15, 0.2) is 48.5 Å². The molecule has 2 N–H and O–H groups in total. The minimum atomic E-state index is -4.37. The zero-order chi connectivity index (χ0) is 16.2. The van der Waals surface area contributed by atoms with Crippen LogP contribution in [0.4, 0.5) is 30.2 Å². The molecule has 2 aromatic rings. The van der Waals surface area contributed by atoms with Crippen LogP contribution in [0.3, 0.4) is 0 Å². The Labute approximate surface area is 126 Å². The van der Waals surface area contributed by atoms with Gasteiger partial charge in [0.1, 0.15) is 0 Å². The van der Waals surface area contributed by atoms with E-state index in [1.807, 2.05) is 0 Å². The Hall–Kier alpha value is -2.50. The Bertz CT molecular complexity index is 651. The first-order valence-corrected chi connectivity index (χ1v) is 6.72. The van der Waals surface area contributed by atoms with Crippen LogP contribution < -0.4 is 10.6 Å². The Morgan fingerprint density at radius 2 is 1.64 bits per heavy atom. The highest BCUT2D eigenvalue weighted by atomic mass is 19.4. The number of carbonyl (C=O) groups is 1. The molecule has 0 aromatic heterocycles. The second-order valence-corrected chi connectivity index (χ2v) is 4.68. The van der Waals surface area contributed by atoms with Crippen LogP contribution in [0, 0.1) is 0 Å². The van der Waals surface area contributed by atoms with E-state index in [1.165, 1.54) is 6.07 Å². The third-order valence-electron chi connectivity index (χ3n) is 2.97. The Morgan fingerprint density at radius 3 is 2.23 bits per heavy atom. The number of anilines is 3. The maximum atomic E-state index is 12.6. The minimum absolute atomic E-state index is 0.0985. The average Bonchev–Trinajstić information content (AvgIpc) is 2.48. The monoisotopic (exact) mass is 308 g/mol. The molecule has 6 heteroatoms. The Morgan fingerprint density at radius 1 is 1.00 bits per heavy atom. The molecule has 0 bridgehead atoms. The highest BCUT2D eigenvalue weighted by molar-refractivity contribution is 5.90. The van der Waals surface area contributed by atoms with Gasteiger partial charge in [-0.3, -0.25) is 4.79 Å². The molecular weight excluding hydrogens is 293 g/mol. The number of carbonyl (C=O) groups excluding carboxylic acids is 1. The second-order valence-electron chi connectivity index (χ2n) is 4.68. The first-order chi connectivity index (χ1) is 10.4. The van der Waals surface area contributed by atoms with Gasteiger partial charge in [0.05, 0.1) is 5.56 Å². The summed E-state index contributed by atoms with van der Waals surface area (Å²) in [6, 6.07) is 11.7. The van der Waals surface area contributed by atoms with Crippen LogP contribution in [0.2, 0.25) is 0 Å². The summed E-state index contributed by atoms with van der Waals surface area (Å²) in [6.07, 6.45) is -3.99. The van der Waals surface area contributed by atoms with Gasteiger partial charge in [0.15, 0.2) is 0 Å². The molecule has 22 heavy (non-hydrogen) atoms. The van der Waals surface area contributed by atoms with Crippen molar-refractivity contribution in [3.05, 3.63) is 54.1 Å². The summed E-state index contributed by atoms with van der Waals surface area (Å²) in [5.74, 6) is -0.0985. The van der Waals surface area contributed by atoms with Gasteiger partial charge in [-0.05, 0) is 42.5 Å². The van der Waals surface area contributed by atoms with Crippen molar-refractivity contribution < 1.29 is 18.0 Å². The van der Waals surface area contributed by atoms with E-state index >= 15 is 0 Å². The van der Waals surface area contributed by atoms with Crippen molar-refractivity contribution in [1.82, 2.24) is 0 Å². The van der Waals surface area contributed by atoms with Gasteiger partial charge in [-0.1, -0.05) is 13.0 Å². The largest absolute Gasteiger partial charge is 0.416 e. The van der Waals surface area contributed by atoms with Crippen molar-refractivity contribution in [3.8, 4) is 0 Å². The molecule has 2 aromatic carbocycles. The van der Waals surface area contributed by atoms with Crippen molar-refractivity contribution in [2.75, 3.05) is 10.6 Å². The van der Waals surface area contributed by atoms with E-state index in [9.17, 15) is 18.0 Å². The molecule has 0 aliphatic heterocycles. The van der Waals surface area contributed by atoms with Crippen molar-refractivity contribution in [3.63, 3.8) is 0 Å². The third kappa shape index (κ3) is 4.25. The fourth-order valence-corrected chi connectivity index (χ4v) is 1.83. The molecule has 0 heterocycles. The molecular formula is C16H15F3N2O. The van der Waals surface area contributed by atoms with Crippen molar-refractivity contribution >= 4 is 23.0 Å². The molecule has 2 rings (SSSR count). The zero-order valence-electron chi connectivity index (χ0n) is 11.9. The smallest absolute Gasteiger partial charge is 0.356 e. The number of hydrogen-bond donors (Lipinski definition) is 2. The number of amides is 1. The van der Waals surface area contributed by atoms with Gasteiger partial charge < -0.3 is 10.6 Å². The molecule has 0 aliphatic carbocycles. The summed E-state index contributed by atoms with van der Waals surface area (Å²) in [5.41, 5.74) is 0.916. The van der Waals surface area contributed by atoms with Crippen molar-refractivity contribution in [1.29, 1.82) is 0 Å². The normalized spacial score (nSPS) is 11.1. The topological polar surface area (TPSA) is 41.1 Å². The van der Waals surface area contributed by atoms with Gasteiger partial charge in [0, 0.05) is 23.5 Å². The Balaban J connectivity index is 2.09. The molecule has 0 spiro atoms. The second kappa shape index (κ2) is 6.51. The fourth-order valence-electron chi connectivity index (χ4n) is 1.83. The van der Waals surface area contributed by atoms with Crippen LogP contribution in [0.25, 0.3) is 0 Å². The van der Waals surface area contributed by atoms with E-state index in [-0.39, 0.29) is 5.91 Å².